The third kappa shape index (κ3) is 17.3. The predicted molar refractivity (Wildman–Crippen MR) is 191 cm³/mol. The average molecular weight is 772 g/mol. The Morgan fingerprint density at radius 3 is 1.85 bits per heavy atom. The molecule has 13 N–H and O–H groups in total. The monoisotopic (exact) mass is 771 g/mol. The summed E-state index contributed by atoms with van der Waals surface area (Å²) >= 11 is 0. The fraction of sp³-hybridized carbons (Fsp3) is 0.727. The normalized spacial score (nSPS) is 17.7. The van der Waals surface area contributed by atoms with Crippen molar-refractivity contribution in [2.75, 3.05) is 19.6 Å². The van der Waals surface area contributed by atoms with Gasteiger partial charge in [-0.2, -0.15) is 0 Å². The number of aliphatic hydroxyl groups excluding tert-OH is 1. The van der Waals surface area contributed by atoms with E-state index in [0.29, 0.717) is 25.8 Å². The number of hydrogen-bond acceptors (Lipinski definition) is 12. The van der Waals surface area contributed by atoms with Gasteiger partial charge in [0.1, 0.15) is 30.2 Å². The van der Waals surface area contributed by atoms with Crippen molar-refractivity contribution in [3.05, 3.63) is 0 Å². The van der Waals surface area contributed by atoms with Gasteiger partial charge >= 0.3 is 11.9 Å². The number of carbonyl (C=O) groups is 9. The van der Waals surface area contributed by atoms with Crippen LogP contribution in [0.5, 0.6) is 0 Å². The number of carbonyl (C=O) groups excluding carboxylic acids is 7. The number of aliphatic hydroxyl groups is 1. The zero-order valence-corrected chi connectivity index (χ0v) is 31.4. The number of hydrogen-bond donors (Lipinski definition) is 12. The van der Waals surface area contributed by atoms with Gasteiger partial charge in [-0.15, -0.1) is 0 Å². The van der Waals surface area contributed by atoms with Crippen LogP contribution < -0.4 is 48.3 Å². The molecule has 0 aromatic rings. The van der Waals surface area contributed by atoms with Crippen molar-refractivity contribution in [3.63, 3.8) is 0 Å². The Labute approximate surface area is 313 Å². The summed E-state index contributed by atoms with van der Waals surface area (Å²) in [4.78, 5) is 113. The van der Waals surface area contributed by atoms with E-state index in [1.54, 1.807) is 13.8 Å². The van der Waals surface area contributed by atoms with Crippen LogP contribution in [0.2, 0.25) is 0 Å². The van der Waals surface area contributed by atoms with Crippen LogP contribution in [0.15, 0.2) is 0 Å². The minimum absolute atomic E-state index is 0.00896. The van der Waals surface area contributed by atoms with Crippen molar-refractivity contribution < 1.29 is 58.5 Å². The van der Waals surface area contributed by atoms with Gasteiger partial charge in [0, 0.05) is 0 Å². The summed E-state index contributed by atoms with van der Waals surface area (Å²) < 4.78 is 0. The molecule has 7 amide bonds. The molecule has 0 saturated carbocycles. The summed E-state index contributed by atoms with van der Waals surface area (Å²) in [5.74, 6) is -8.66. The molecular formula is C33H57N9O12. The van der Waals surface area contributed by atoms with Crippen LogP contribution in [0.25, 0.3) is 0 Å². The van der Waals surface area contributed by atoms with E-state index >= 15 is 0 Å². The Bertz CT molecular complexity index is 1340. The van der Waals surface area contributed by atoms with E-state index < -0.39 is 109 Å². The van der Waals surface area contributed by atoms with E-state index in [2.05, 4.69) is 37.2 Å². The van der Waals surface area contributed by atoms with E-state index in [4.69, 9.17) is 5.73 Å². The standard InChI is InChI=1S/C33H57N9O12/c1-16(2)13-22(40-28(48)18(4)37-27(47)17(3)38-30(50)20-10-8-12-35-20)29(49)36-15-24(44)39-21(9-6-7-11-34)31(51)41-23(14-25(45)46)32(52)42-26(19(5)43)33(53)54/h16-23,26,35,43H,6-15,34H2,1-5H3,(H,36,49)(H,37,47)(H,38,50)(H,39,44)(H,40,48)(H,41,51)(H,42,52)(H,45,46)(H,53,54)/t17-,18-,19+,20-,21-,22-,23-,26-/m0/s1. The molecular weight excluding hydrogens is 714 g/mol. The lowest BCUT2D eigenvalue weighted by Crippen LogP contribution is -2.58. The van der Waals surface area contributed by atoms with Crippen molar-refractivity contribution in [1.82, 2.24) is 42.5 Å². The maximum absolute atomic E-state index is 13.2. The fourth-order valence-electron chi connectivity index (χ4n) is 5.29. The third-order valence-corrected chi connectivity index (χ3v) is 8.30. The molecule has 306 valence electrons. The molecule has 1 fully saturated rings. The highest BCUT2D eigenvalue weighted by Crippen LogP contribution is 2.08. The van der Waals surface area contributed by atoms with E-state index in [1.807, 2.05) is 5.32 Å². The van der Waals surface area contributed by atoms with Gasteiger partial charge in [-0.25, -0.2) is 4.79 Å². The fourth-order valence-corrected chi connectivity index (χ4v) is 5.29. The highest BCUT2D eigenvalue weighted by atomic mass is 16.4. The maximum atomic E-state index is 13.2. The molecule has 1 saturated heterocycles. The Hall–Kier alpha value is -4.89. The Morgan fingerprint density at radius 2 is 1.31 bits per heavy atom. The van der Waals surface area contributed by atoms with Crippen molar-refractivity contribution in [3.8, 4) is 0 Å². The minimum Gasteiger partial charge on any atom is -0.481 e. The topological polar surface area (TPSA) is 337 Å². The van der Waals surface area contributed by atoms with Crippen molar-refractivity contribution in [2.45, 2.75) is 128 Å². The average Bonchev–Trinajstić information content (AvgIpc) is 3.63. The smallest absolute Gasteiger partial charge is 0.328 e. The molecule has 0 unspecified atom stereocenters. The van der Waals surface area contributed by atoms with Gasteiger partial charge in [-0.05, 0) is 78.3 Å². The summed E-state index contributed by atoms with van der Waals surface area (Å²) in [6.07, 6.45) is -0.141. The highest BCUT2D eigenvalue weighted by molar-refractivity contribution is 5.97. The van der Waals surface area contributed by atoms with Gasteiger partial charge in [0.05, 0.1) is 25.1 Å². The third-order valence-electron chi connectivity index (χ3n) is 8.30. The van der Waals surface area contributed by atoms with E-state index in [-0.39, 0.29) is 31.2 Å². The molecule has 1 aliphatic rings. The van der Waals surface area contributed by atoms with E-state index in [0.717, 1.165) is 13.3 Å². The molecule has 0 bridgehead atoms. The number of aliphatic carboxylic acids is 2. The second-order valence-electron chi connectivity index (χ2n) is 13.6. The van der Waals surface area contributed by atoms with Crippen LogP contribution in [-0.4, -0.2) is 137 Å². The molecule has 0 aromatic heterocycles. The summed E-state index contributed by atoms with van der Waals surface area (Å²) in [7, 11) is 0. The zero-order valence-electron chi connectivity index (χ0n) is 31.4. The summed E-state index contributed by atoms with van der Waals surface area (Å²) in [6.45, 7) is 7.84. The molecule has 0 aliphatic carbocycles. The number of carboxylic acid groups (broad SMARTS) is 2. The number of nitrogens with two attached hydrogens (primary N) is 1. The summed E-state index contributed by atoms with van der Waals surface area (Å²) in [5.41, 5.74) is 5.54. The van der Waals surface area contributed by atoms with Crippen LogP contribution in [0, 0.1) is 5.92 Å². The first kappa shape index (κ1) is 47.1. The molecule has 8 atom stereocenters. The predicted octanol–water partition coefficient (Wildman–Crippen LogP) is -4.08. The summed E-state index contributed by atoms with van der Waals surface area (Å²) in [5, 5.41) is 48.0. The molecule has 1 rings (SSSR count). The van der Waals surface area contributed by atoms with Gasteiger partial charge in [0.2, 0.25) is 41.4 Å². The lowest BCUT2D eigenvalue weighted by molar-refractivity contribution is -0.146. The first-order chi connectivity index (χ1) is 25.3. The van der Waals surface area contributed by atoms with Crippen molar-refractivity contribution >= 4 is 53.3 Å². The van der Waals surface area contributed by atoms with Gasteiger partial charge in [0.25, 0.3) is 0 Å². The summed E-state index contributed by atoms with van der Waals surface area (Å²) in [6, 6.07) is -8.50. The molecule has 21 nitrogen and oxygen atoms in total. The maximum Gasteiger partial charge on any atom is 0.328 e. The first-order valence-corrected chi connectivity index (χ1v) is 17.9. The first-order valence-electron chi connectivity index (χ1n) is 17.9. The van der Waals surface area contributed by atoms with Crippen LogP contribution in [0.4, 0.5) is 0 Å². The van der Waals surface area contributed by atoms with Crippen LogP contribution >= 0.6 is 0 Å². The number of rotatable bonds is 24. The number of nitrogens with one attached hydrogen (secondary N) is 8. The van der Waals surface area contributed by atoms with Gasteiger partial charge in [-0.3, -0.25) is 38.4 Å². The quantitative estimate of drug-likeness (QED) is 0.0416. The lowest BCUT2D eigenvalue weighted by atomic mass is 10.0. The Kier molecular flexibility index (Phi) is 20.7. The van der Waals surface area contributed by atoms with Crippen LogP contribution in [-0.2, 0) is 43.2 Å². The van der Waals surface area contributed by atoms with E-state index in [1.165, 1.54) is 13.8 Å². The van der Waals surface area contributed by atoms with Gasteiger partial charge in [0.15, 0.2) is 6.04 Å². The second kappa shape index (κ2) is 23.7. The molecule has 0 spiro atoms. The van der Waals surface area contributed by atoms with Gasteiger partial charge < -0.3 is 63.6 Å². The van der Waals surface area contributed by atoms with Crippen molar-refractivity contribution in [2.24, 2.45) is 11.7 Å². The van der Waals surface area contributed by atoms with Crippen molar-refractivity contribution in [1.29, 1.82) is 0 Å². The highest BCUT2D eigenvalue weighted by Gasteiger charge is 2.33. The second-order valence-corrected chi connectivity index (χ2v) is 13.6. The SMILES string of the molecule is CC(C)C[C@H](NC(=O)[C@H](C)NC(=O)[C@H](C)NC(=O)[C@@H]1CCCN1)C(=O)NCC(=O)N[C@@H](CCCCN)C(=O)N[C@@H](CC(=O)O)C(=O)N[C@H](C(=O)O)[C@@H](C)O. The molecule has 0 aromatic carbocycles. The largest absolute Gasteiger partial charge is 0.481 e. The molecule has 21 heteroatoms. The molecule has 1 heterocycles. The van der Waals surface area contributed by atoms with Gasteiger partial charge in [-0.1, -0.05) is 13.8 Å². The van der Waals surface area contributed by atoms with E-state index in [9.17, 15) is 58.5 Å². The lowest BCUT2D eigenvalue weighted by Gasteiger charge is -2.25. The molecule has 54 heavy (non-hydrogen) atoms. The Morgan fingerprint density at radius 1 is 0.722 bits per heavy atom. The number of amides is 7. The number of unbranched alkanes of at least 4 members (excludes halogenated alkanes) is 1. The Balaban J connectivity index is 2.91. The molecule has 0 radical (unpaired) electrons. The van der Waals surface area contributed by atoms with Crippen LogP contribution in [0.1, 0.15) is 79.6 Å². The molecule has 1 aliphatic heterocycles. The number of carboxylic acids is 2. The minimum atomic E-state index is -1.80. The zero-order chi connectivity index (χ0) is 41.1. The van der Waals surface area contributed by atoms with Crippen LogP contribution in [0.3, 0.4) is 0 Å².